The fourth-order valence-corrected chi connectivity index (χ4v) is 5.33. The van der Waals surface area contributed by atoms with Crippen molar-refractivity contribution in [2.24, 2.45) is 5.92 Å². The van der Waals surface area contributed by atoms with Gasteiger partial charge in [-0.05, 0) is 44.2 Å². The predicted octanol–water partition coefficient (Wildman–Crippen LogP) is 2.42. The minimum atomic E-state index is -3.28. The molecule has 6 heteroatoms. The van der Waals surface area contributed by atoms with Gasteiger partial charge in [0.15, 0.2) is 0 Å². The van der Waals surface area contributed by atoms with E-state index in [1.165, 1.54) is 24.2 Å². The quantitative estimate of drug-likeness (QED) is 0.802. The number of nitrogens with one attached hydrogen (secondary N) is 1. The van der Waals surface area contributed by atoms with Gasteiger partial charge in [-0.3, -0.25) is 0 Å². The van der Waals surface area contributed by atoms with Crippen molar-refractivity contribution in [3.8, 4) is 0 Å². The zero-order chi connectivity index (χ0) is 14.2. The molecule has 0 radical (unpaired) electrons. The van der Waals surface area contributed by atoms with Gasteiger partial charge in [0.1, 0.15) is 0 Å². The molecule has 0 saturated heterocycles. The first-order valence-electron chi connectivity index (χ1n) is 7.41. The van der Waals surface area contributed by atoms with Crippen LogP contribution in [0.4, 0.5) is 0 Å². The number of sulfonamides is 1. The van der Waals surface area contributed by atoms with Crippen LogP contribution in [0.5, 0.6) is 0 Å². The third kappa shape index (κ3) is 3.24. The lowest BCUT2D eigenvalue weighted by atomic mass is 10.4. The van der Waals surface area contributed by atoms with Crippen molar-refractivity contribution in [3.63, 3.8) is 0 Å². The summed E-state index contributed by atoms with van der Waals surface area (Å²) in [6.07, 6.45) is 4.43. The number of hydrogen-bond donors (Lipinski definition) is 1. The van der Waals surface area contributed by atoms with Crippen LogP contribution in [-0.2, 0) is 16.6 Å². The van der Waals surface area contributed by atoms with Crippen LogP contribution in [0.25, 0.3) is 0 Å². The summed E-state index contributed by atoms with van der Waals surface area (Å²) in [5.41, 5.74) is 0. The number of nitrogens with zero attached hydrogens (tertiary/aromatic N) is 1. The Kier molecular flexibility index (Phi) is 4.17. The second-order valence-corrected chi connectivity index (χ2v) is 8.66. The van der Waals surface area contributed by atoms with Gasteiger partial charge >= 0.3 is 0 Å². The summed E-state index contributed by atoms with van der Waals surface area (Å²) in [5, 5.41) is 5.03. The second kappa shape index (κ2) is 5.75. The van der Waals surface area contributed by atoms with Crippen molar-refractivity contribution in [2.45, 2.75) is 50.1 Å². The highest BCUT2D eigenvalue weighted by atomic mass is 32.2. The molecular weight excluding hydrogens is 292 g/mol. The van der Waals surface area contributed by atoms with Gasteiger partial charge in [-0.25, -0.2) is 8.42 Å². The SMILES string of the molecule is CCNCc1cc(S(=O)(=O)N(CC2CC2)C2CC2)cs1. The zero-order valence-electron chi connectivity index (χ0n) is 11.8. The molecule has 2 fully saturated rings. The van der Waals surface area contributed by atoms with Crippen LogP contribution in [0.2, 0.25) is 0 Å². The van der Waals surface area contributed by atoms with Crippen LogP contribution in [0.15, 0.2) is 16.3 Å². The Morgan fingerprint density at radius 3 is 2.70 bits per heavy atom. The molecule has 2 aliphatic carbocycles. The van der Waals surface area contributed by atoms with E-state index in [-0.39, 0.29) is 6.04 Å². The summed E-state index contributed by atoms with van der Waals surface area (Å²) in [6.45, 7) is 4.43. The molecule has 1 N–H and O–H groups in total. The number of rotatable bonds is 8. The minimum Gasteiger partial charge on any atom is -0.312 e. The summed E-state index contributed by atoms with van der Waals surface area (Å²) in [4.78, 5) is 1.58. The molecule has 0 aromatic carbocycles. The van der Waals surface area contributed by atoms with E-state index in [0.717, 1.165) is 37.4 Å². The molecule has 0 bridgehead atoms. The Bertz CT molecular complexity index is 559. The van der Waals surface area contributed by atoms with Gasteiger partial charge in [0, 0.05) is 29.4 Å². The first-order chi connectivity index (χ1) is 9.61. The van der Waals surface area contributed by atoms with Gasteiger partial charge < -0.3 is 5.32 Å². The Morgan fingerprint density at radius 1 is 1.35 bits per heavy atom. The van der Waals surface area contributed by atoms with Crippen LogP contribution >= 0.6 is 11.3 Å². The van der Waals surface area contributed by atoms with Crippen molar-refractivity contribution in [1.29, 1.82) is 0 Å². The standard InChI is InChI=1S/C14H22N2O2S2/c1-2-15-8-13-7-14(10-19-13)20(17,18)16(12-5-6-12)9-11-3-4-11/h7,10-12,15H,2-6,8-9H2,1H3. The lowest BCUT2D eigenvalue weighted by Crippen LogP contribution is -2.34. The molecule has 112 valence electrons. The Balaban J connectivity index is 1.76. The molecule has 1 aromatic rings. The summed E-state index contributed by atoms with van der Waals surface area (Å²) in [5.74, 6) is 0.602. The first kappa shape index (κ1) is 14.5. The largest absolute Gasteiger partial charge is 0.312 e. The van der Waals surface area contributed by atoms with Crippen LogP contribution in [0, 0.1) is 5.92 Å². The highest BCUT2D eigenvalue weighted by molar-refractivity contribution is 7.89. The highest BCUT2D eigenvalue weighted by Crippen LogP contribution is 2.38. The summed E-state index contributed by atoms with van der Waals surface area (Å²) in [7, 11) is -3.28. The van der Waals surface area contributed by atoms with Crippen LogP contribution < -0.4 is 5.32 Å². The Morgan fingerprint density at radius 2 is 2.10 bits per heavy atom. The number of hydrogen-bond acceptors (Lipinski definition) is 4. The molecule has 0 spiro atoms. The van der Waals surface area contributed by atoms with Crippen molar-refractivity contribution < 1.29 is 8.42 Å². The summed E-state index contributed by atoms with van der Waals surface area (Å²) in [6, 6.07) is 2.10. The van der Waals surface area contributed by atoms with Gasteiger partial charge in [0.05, 0.1) is 4.90 Å². The van der Waals surface area contributed by atoms with E-state index in [4.69, 9.17) is 0 Å². The van der Waals surface area contributed by atoms with Crippen molar-refractivity contribution >= 4 is 21.4 Å². The smallest absolute Gasteiger partial charge is 0.244 e. The molecule has 1 aromatic heterocycles. The van der Waals surface area contributed by atoms with E-state index >= 15 is 0 Å². The first-order valence-corrected chi connectivity index (χ1v) is 9.73. The highest BCUT2D eigenvalue weighted by Gasteiger charge is 2.41. The van der Waals surface area contributed by atoms with E-state index in [1.807, 2.05) is 6.07 Å². The van der Waals surface area contributed by atoms with E-state index in [0.29, 0.717) is 10.8 Å². The molecular formula is C14H22N2O2S2. The lowest BCUT2D eigenvalue weighted by Gasteiger charge is -2.20. The molecule has 20 heavy (non-hydrogen) atoms. The summed E-state index contributed by atoms with van der Waals surface area (Å²) < 4.78 is 27.3. The molecule has 3 rings (SSSR count). The molecule has 2 aliphatic rings. The van der Waals surface area contributed by atoms with Crippen LogP contribution in [0.3, 0.4) is 0 Å². The fourth-order valence-electron chi connectivity index (χ4n) is 2.33. The van der Waals surface area contributed by atoms with Gasteiger partial charge in [-0.2, -0.15) is 4.31 Å². The average Bonchev–Trinajstić information content (AvgIpc) is 3.32. The van der Waals surface area contributed by atoms with E-state index in [2.05, 4.69) is 12.2 Å². The topological polar surface area (TPSA) is 49.4 Å². The normalized spacial score (nSPS) is 19.7. The number of thiophene rings is 1. The molecule has 0 unspecified atom stereocenters. The maximum absolute atomic E-state index is 12.8. The van der Waals surface area contributed by atoms with E-state index in [1.54, 1.807) is 9.69 Å². The third-order valence-corrected chi connectivity index (χ3v) is 6.86. The molecule has 0 amide bonds. The van der Waals surface area contributed by atoms with Crippen molar-refractivity contribution in [1.82, 2.24) is 9.62 Å². The monoisotopic (exact) mass is 314 g/mol. The Labute approximate surface area is 125 Å². The predicted molar refractivity (Wildman–Crippen MR) is 81.3 cm³/mol. The molecule has 0 aliphatic heterocycles. The maximum atomic E-state index is 12.8. The molecule has 0 atom stereocenters. The third-order valence-electron chi connectivity index (χ3n) is 3.87. The van der Waals surface area contributed by atoms with Gasteiger partial charge in [0.25, 0.3) is 0 Å². The average molecular weight is 314 g/mol. The maximum Gasteiger partial charge on any atom is 0.244 e. The fraction of sp³-hybridized carbons (Fsp3) is 0.714. The van der Waals surface area contributed by atoms with Crippen LogP contribution in [-0.4, -0.2) is 31.9 Å². The van der Waals surface area contributed by atoms with Gasteiger partial charge in [0.2, 0.25) is 10.0 Å². The van der Waals surface area contributed by atoms with E-state index in [9.17, 15) is 8.42 Å². The molecule has 2 saturated carbocycles. The lowest BCUT2D eigenvalue weighted by molar-refractivity contribution is 0.389. The van der Waals surface area contributed by atoms with E-state index < -0.39 is 10.0 Å². The van der Waals surface area contributed by atoms with Crippen molar-refractivity contribution in [2.75, 3.05) is 13.1 Å². The Hall–Kier alpha value is -0.430. The molecule has 1 heterocycles. The zero-order valence-corrected chi connectivity index (χ0v) is 13.5. The van der Waals surface area contributed by atoms with Crippen molar-refractivity contribution in [3.05, 3.63) is 16.3 Å². The summed E-state index contributed by atoms with van der Waals surface area (Å²) >= 11 is 1.53. The van der Waals surface area contributed by atoms with Gasteiger partial charge in [-0.1, -0.05) is 6.92 Å². The van der Waals surface area contributed by atoms with Gasteiger partial charge in [-0.15, -0.1) is 11.3 Å². The van der Waals surface area contributed by atoms with Crippen LogP contribution in [0.1, 0.15) is 37.5 Å². The minimum absolute atomic E-state index is 0.262. The molecule has 4 nitrogen and oxygen atoms in total. The second-order valence-electron chi connectivity index (χ2n) is 5.78.